The summed E-state index contributed by atoms with van der Waals surface area (Å²) in [6, 6.07) is 25.2. The minimum absolute atomic E-state index is 0.0287. The summed E-state index contributed by atoms with van der Waals surface area (Å²) in [7, 11) is -12.0. The van der Waals surface area contributed by atoms with Gasteiger partial charge < -0.3 is 8.37 Å². The van der Waals surface area contributed by atoms with Gasteiger partial charge in [0.15, 0.2) is 0 Å². The third kappa shape index (κ3) is 7.08. The average molecular weight is 697 g/mol. The molecule has 0 bridgehead atoms. The van der Waals surface area contributed by atoms with Gasteiger partial charge in [0.25, 0.3) is 0 Å². The maximum atomic E-state index is 13.2. The largest absolute Gasteiger partial charge is 0.534 e. The second kappa shape index (κ2) is 13.3. The predicted octanol–water partition coefficient (Wildman–Crippen LogP) is 8.59. The first-order valence-corrected chi connectivity index (χ1v) is 16.5. The Kier molecular flexibility index (Phi) is 9.97. The van der Waals surface area contributed by atoms with Gasteiger partial charge >= 0.3 is 31.3 Å². The van der Waals surface area contributed by atoms with E-state index in [0.29, 0.717) is 22.3 Å². The Morgan fingerprint density at radius 3 is 1.15 bits per heavy atom. The molecule has 0 saturated carbocycles. The van der Waals surface area contributed by atoms with Crippen molar-refractivity contribution in [3.63, 3.8) is 0 Å². The van der Waals surface area contributed by atoms with Crippen LogP contribution in [-0.2, 0) is 25.7 Å². The van der Waals surface area contributed by atoms with E-state index in [-0.39, 0.29) is 11.1 Å². The van der Waals surface area contributed by atoms with Gasteiger partial charge in [-0.25, -0.2) is 0 Å². The van der Waals surface area contributed by atoms with Crippen molar-refractivity contribution in [2.45, 2.75) is 30.3 Å². The lowest BCUT2D eigenvalue weighted by atomic mass is 9.64. The third-order valence-electron chi connectivity index (χ3n) is 6.96. The Hall–Kier alpha value is -4.56. The fraction of sp³-hybridized carbons (Fsp3) is 0.152. The van der Waals surface area contributed by atoms with E-state index < -0.39 is 48.2 Å². The summed E-state index contributed by atoms with van der Waals surface area (Å²) >= 11 is 0. The zero-order valence-corrected chi connectivity index (χ0v) is 26.2. The summed E-state index contributed by atoms with van der Waals surface area (Å²) in [6.45, 7) is 3.13. The molecule has 4 rings (SSSR count). The fourth-order valence-electron chi connectivity index (χ4n) is 5.04. The van der Waals surface area contributed by atoms with Crippen molar-refractivity contribution in [3.8, 4) is 11.5 Å². The van der Waals surface area contributed by atoms with E-state index in [1.54, 1.807) is 74.5 Å². The van der Waals surface area contributed by atoms with Crippen molar-refractivity contribution >= 4 is 32.4 Å². The van der Waals surface area contributed by atoms with Gasteiger partial charge in [0.2, 0.25) is 0 Å². The molecule has 0 amide bonds. The van der Waals surface area contributed by atoms with Gasteiger partial charge in [0.05, 0.1) is 5.41 Å². The minimum atomic E-state index is -6.02. The fourth-order valence-corrected chi connectivity index (χ4v) is 6.01. The van der Waals surface area contributed by atoms with Crippen molar-refractivity contribution in [2.24, 2.45) is 0 Å². The number of allylic oxidation sites excluding steroid dienone is 2. The molecule has 6 nitrogen and oxygen atoms in total. The highest BCUT2D eigenvalue weighted by molar-refractivity contribution is 7.88. The molecule has 248 valence electrons. The molecule has 0 unspecified atom stereocenters. The number of hydrogen-bond acceptors (Lipinski definition) is 6. The van der Waals surface area contributed by atoms with Crippen LogP contribution < -0.4 is 8.37 Å². The number of alkyl halides is 6. The monoisotopic (exact) mass is 696 g/mol. The normalized spacial score (nSPS) is 13.3. The molecule has 0 radical (unpaired) electrons. The molecule has 0 N–H and O–H groups in total. The molecule has 0 aromatic heterocycles. The smallest absolute Gasteiger partial charge is 0.375 e. The average Bonchev–Trinajstić information content (AvgIpc) is 3.00. The van der Waals surface area contributed by atoms with Gasteiger partial charge in [-0.3, -0.25) is 0 Å². The van der Waals surface area contributed by atoms with E-state index in [9.17, 15) is 43.2 Å². The summed E-state index contributed by atoms with van der Waals surface area (Å²) in [4.78, 5) is 0. The molecule has 47 heavy (non-hydrogen) atoms. The van der Waals surface area contributed by atoms with Crippen molar-refractivity contribution in [3.05, 3.63) is 143 Å². The number of benzene rings is 4. The van der Waals surface area contributed by atoms with Crippen molar-refractivity contribution in [1.82, 2.24) is 0 Å². The van der Waals surface area contributed by atoms with Gasteiger partial charge in [-0.2, -0.15) is 43.2 Å². The Bertz CT molecular complexity index is 1860. The molecule has 0 atom stereocenters. The Balaban J connectivity index is 2.10. The second-order valence-corrected chi connectivity index (χ2v) is 13.0. The lowest BCUT2D eigenvalue weighted by Crippen LogP contribution is -2.32. The maximum absolute atomic E-state index is 13.2. The zero-order chi connectivity index (χ0) is 34.7. The molecule has 0 aliphatic rings. The minimum Gasteiger partial charge on any atom is -0.375 e. The summed E-state index contributed by atoms with van der Waals surface area (Å²) in [5, 5.41) is 0. The molecule has 0 aliphatic heterocycles. The third-order valence-corrected chi connectivity index (χ3v) is 8.89. The molecule has 0 spiro atoms. The highest BCUT2D eigenvalue weighted by Crippen LogP contribution is 2.47. The van der Waals surface area contributed by atoms with Crippen molar-refractivity contribution < 1.29 is 51.5 Å². The second-order valence-electron chi connectivity index (χ2n) is 9.95. The number of hydrogen-bond donors (Lipinski definition) is 0. The van der Waals surface area contributed by atoms with Crippen LogP contribution in [0.2, 0.25) is 0 Å². The molecule has 0 aliphatic carbocycles. The van der Waals surface area contributed by atoms with E-state index >= 15 is 0 Å². The molecular weight excluding hydrogens is 670 g/mol. The lowest BCUT2D eigenvalue weighted by Gasteiger charge is -2.37. The Morgan fingerprint density at radius 1 is 0.511 bits per heavy atom. The van der Waals surface area contributed by atoms with E-state index in [1.165, 1.54) is 48.6 Å². The van der Waals surface area contributed by atoms with Crippen LogP contribution in [0.1, 0.15) is 47.2 Å². The van der Waals surface area contributed by atoms with Gasteiger partial charge in [-0.1, -0.05) is 97.1 Å². The highest BCUT2D eigenvalue weighted by atomic mass is 32.2. The van der Waals surface area contributed by atoms with Crippen LogP contribution in [0.3, 0.4) is 0 Å². The SMILES string of the molecule is CC=Cc1cc(C(c2ccccc2)(c2ccccc2)c2ccc(OS(=O)(=O)C(F)(F)F)c(C=CC)c2)ccc1OS(=O)(=O)C(F)(F)F. The van der Waals surface area contributed by atoms with Crippen LogP contribution in [0.4, 0.5) is 26.3 Å². The van der Waals surface area contributed by atoms with Gasteiger partial charge in [-0.05, 0) is 60.4 Å². The Morgan fingerprint density at radius 2 is 0.851 bits per heavy atom. The van der Waals surface area contributed by atoms with E-state index in [1.807, 2.05) is 0 Å². The van der Waals surface area contributed by atoms with Crippen LogP contribution in [0.5, 0.6) is 11.5 Å². The summed E-state index contributed by atoms with van der Waals surface area (Å²) in [6.07, 6.45) is 5.65. The van der Waals surface area contributed by atoms with Gasteiger partial charge in [-0.15, -0.1) is 0 Å². The lowest BCUT2D eigenvalue weighted by molar-refractivity contribution is -0.0504. The molecule has 4 aromatic rings. The van der Waals surface area contributed by atoms with Crippen LogP contribution in [0.25, 0.3) is 12.2 Å². The standard InChI is InChI=1S/C33H26F6O6S2/c1-3-11-23-21-27(17-19-29(23)44-46(40,41)32(34,35)36)31(25-13-7-5-8-14-25,26-15-9-6-10-16-26)28-18-20-30(24(22-28)12-4-2)45-47(42,43)33(37,38)39/h3-22H,1-2H3. The predicted molar refractivity (Wildman–Crippen MR) is 165 cm³/mol. The Labute approximate surface area is 267 Å². The topological polar surface area (TPSA) is 86.7 Å². The first-order valence-electron chi connectivity index (χ1n) is 13.6. The summed E-state index contributed by atoms with van der Waals surface area (Å²) in [5.74, 6) is -1.20. The molecule has 0 saturated heterocycles. The number of halogens is 6. The summed E-state index contributed by atoms with van der Waals surface area (Å²) in [5.41, 5.74) is -10.8. The quantitative estimate of drug-likeness (QED) is 0.0715. The molecular formula is C33H26F6O6S2. The van der Waals surface area contributed by atoms with E-state index in [2.05, 4.69) is 8.37 Å². The van der Waals surface area contributed by atoms with Crippen molar-refractivity contribution in [2.75, 3.05) is 0 Å². The van der Waals surface area contributed by atoms with E-state index in [4.69, 9.17) is 0 Å². The van der Waals surface area contributed by atoms with Crippen LogP contribution in [-0.4, -0.2) is 27.9 Å². The van der Waals surface area contributed by atoms with Gasteiger partial charge in [0, 0.05) is 11.1 Å². The molecule has 0 heterocycles. The first kappa shape index (κ1) is 35.3. The highest BCUT2D eigenvalue weighted by Gasteiger charge is 2.50. The van der Waals surface area contributed by atoms with Crippen LogP contribution >= 0.6 is 0 Å². The molecule has 14 heteroatoms. The summed E-state index contributed by atoms with van der Waals surface area (Å²) < 4.78 is 136. The van der Waals surface area contributed by atoms with Gasteiger partial charge in [0.1, 0.15) is 11.5 Å². The van der Waals surface area contributed by atoms with Crippen LogP contribution in [0.15, 0.2) is 109 Å². The zero-order valence-electron chi connectivity index (χ0n) is 24.6. The van der Waals surface area contributed by atoms with Crippen molar-refractivity contribution in [1.29, 1.82) is 0 Å². The first-order chi connectivity index (χ1) is 22.0. The number of rotatable bonds is 10. The molecule has 0 fully saturated rings. The molecule has 4 aromatic carbocycles. The van der Waals surface area contributed by atoms with E-state index in [0.717, 1.165) is 12.1 Å². The maximum Gasteiger partial charge on any atom is 0.534 e. The van der Waals surface area contributed by atoms with Crippen LogP contribution in [0, 0.1) is 0 Å².